The third-order valence-corrected chi connectivity index (χ3v) is 5.93. The van der Waals surface area contributed by atoms with Gasteiger partial charge in [-0.25, -0.2) is 18.2 Å². The number of hydrogen-bond donors (Lipinski definition) is 2. The number of nitrogens with one attached hydrogen (secondary N) is 2. The Morgan fingerprint density at radius 1 is 1.23 bits per heavy atom. The summed E-state index contributed by atoms with van der Waals surface area (Å²) in [7, 11) is -3.73. The summed E-state index contributed by atoms with van der Waals surface area (Å²) in [4.78, 5) is 32.7. The molecule has 2 atom stereocenters. The van der Waals surface area contributed by atoms with E-state index in [1.165, 1.54) is 32.2 Å². The molecule has 2 aromatic rings. The van der Waals surface area contributed by atoms with Crippen molar-refractivity contribution in [1.82, 2.24) is 9.71 Å². The van der Waals surface area contributed by atoms with Crippen molar-refractivity contribution in [2.75, 3.05) is 5.32 Å². The van der Waals surface area contributed by atoms with Gasteiger partial charge in [-0.05, 0) is 32.0 Å². The molecule has 1 amide bonds. The largest absolute Gasteiger partial charge is 0.451 e. The molecule has 12 heteroatoms. The van der Waals surface area contributed by atoms with Crippen molar-refractivity contribution in [3.63, 3.8) is 0 Å². The number of nitrogens with zero attached hydrogens (tertiary/aromatic N) is 2. The second kappa shape index (κ2) is 8.58. The number of halogens is 2. The van der Waals surface area contributed by atoms with Gasteiger partial charge in [-0.1, -0.05) is 35.3 Å². The highest BCUT2D eigenvalue weighted by molar-refractivity contribution is 7.90. The Morgan fingerprint density at radius 2 is 1.93 bits per heavy atom. The number of fused-ring (bicyclic) bond motifs is 1. The number of aromatic nitrogens is 1. The number of hydrogen-bond acceptors (Lipinski definition) is 7. The Kier molecular flexibility index (Phi) is 6.30. The second-order valence-electron chi connectivity index (χ2n) is 6.31. The lowest BCUT2D eigenvalue weighted by molar-refractivity contribution is -0.154. The van der Waals surface area contributed by atoms with Crippen LogP contribution in [0.1, 0.15) is 19.4 Å². The van der Waals surface area contributed by atoms with Gasteiger partial charge in [0.2, 0.25) is 0 Å². The summed E-state index contributed by atoms with van der Waals surface area (Å²) < 4.78 is 31.7. The molecule has 158 valence electrons. The summed E-state index contributed by atoms with van der Waals surface area (Å²) in [6.07, 6.45) is 0.125. The quantitative estimate of drug-likeness (QED) is 0.645. The SMILES string of the molecule is C[C@H](N=C1NS(=O)(=O)c2ccccc21)C(=O)O[C@@H](C)C(=O)Nc1ncc(Cl)cc1Cl. The van der Waals surface area contributed by atoms with E-state index in [9.17, 15) is 18.0 Å². The molecular weight excluding hydrogens is 455 g/mol. The van der Waals surface area contributed by atoms with Crippen molar-refractivity contribution < 1.29 is 22.7 Å². The molecule has 2 heterocycles. The minimum Gasteiger partial charge on any atom is -0.451 e. The summed E-state index contributed by atoms with van der Waals surface area (Å²) in [5, 5.41) is 2.86. The number of amidine groups is 1. The molecule has 30 heavy (non-hydrogen) atoms. The number of benzene rings is 1. The van der Waals surface area contributed by atoms with Gasteiger partial charge in [-0.3, -0.25) is 14.5 Å². The van der Waals surface area contributed by atoms with E-state index in [2.05, 4.69) is 20.0 Å². The third-order valence-electron chi connectivity index (χ3n) is 4.04. The molecule has 1 aliphatic rings. The highest BCUT2D eigenvalue weighted by Gasteiger charge is 2.31. The number of aliphatic imine (C=N–C) groups is 1. The number of anilines is 1. The van der Waals surface area contributed by atoms with Gasteiger partial charge in [0.1, 0.15) is 11.9 Å². The molecule has 0 fully saturated rings. The minimum atomic E-state index is -3.73. The molecule has 0 aliphatic carbocycles. The van der Waals surface area contributed by atoms with Crippen molar-refractivity contribution in [1.29, 1.82) is 0 Å². The highest BCUT2D eigenvalue weighted by Crippen LogP contribution is 2.24. The number of ether oxygens (including phenoxy) is 1. The van der Waals surface area contributed by atoms with Crippen LogP contribution in [0.15, 0.2) is 46.4 Å². The molecule has 1 aliphatic heterocycles. The molecular formula is C18H16Cl2N4O5S. The van der Waals surface area contributed by atoms with Crippen LogP contribution >= 0.6 is 23.2 Å². The van der Waals surface area contributed by atoms with Crippen LogP contribution < -0.4 is 10.0 Å². The lowest BCUT2D eigenvalue weighted by Gasteiger charge is -2.15. The molecule has 3 rings (SSSR count). The van der Waals surface area contributed by atoms with Crippen molar-refractivity contribution in [2.24, 2.45) is 4.99 Å². The topological polar surface area (TPSA) is 127 Å². The first-order valence-corrected chi connectivity index (χ1v) is 10.8. The zero-order chi connectivity index (χ0) is 22.1. The standard InChI is InChI=1S/C18H16Cl2N4O5S/c1-9(22-15-12-5-3-4-6-14(12)30(27,28)24-15)18(26)29-10(2)17(25)23-16-13(20)7-11(19)8-21-16/h3-10H,1-2H3,(H,22,24)(H,21,23,25)/t9-,10-/m0/s1. The van der Waals surface area contributed by atoms with Gasteiger partial charge in [0, 0.05) is 11.8 Å². The zero-order valence-corrected chi connectivity index (χ0v) is 18.0. The first kappa shape index (κ1) is 22.0. The van der Waals surface area contributed by atoms with Gasteiger partial charge in [0.15, 0.2) is 11.9 Å². The normalized spacial score (nSPS) is 17.5. The maximum atomic E-state index is 12.3. The lowest BCUT2D eigenvalue weighted by Crippen LogP contribution is -2.34. The van der Waals surface area contributed by atoms with Crippen molar-refractivity contribution in [2.45, 2.75) is 30.9 Å². The number of carbonyl (C=O) groups excluding carboxylic acids is 2. The molecule has 0 saturated heterocycles. The van der Waals surface area contributed by atoms with E-state index in [4.69, 9.17) is 27.9 Å². The summed E-state index contributed by atoms with van der Waals surface area (Å²) in [6.45, 7) is 2.79. The van der Waals surface area contributed by atoms with E-state index >= 15 is 0 Å². The summed E-state index contributed by atoms with van der Waals surface area (Å²) in [5.74, 6) is -1.38. The van der Waals surface area contributed by atoms with Gasteiger partial charge < -0.3 is 10.1 Å². The van der Waals surface area contributed by atoms with Gasteiger partial charge in [-0.2, -0.15) is 0 Å². The Morgan fingerprint density at radius 3 is 2.63 bits per heavy atom. The first-order valence-electron chi connectivity index (χ1n) is 8.61. The number of sulfonamides is 1. The monoisotopic (exact) mass is 470 g/mol. The molecule has 0 radical (unpaired) electrons. The molecule has 0 bridgehead atoms. The number of carbonyl (C=O) groups is 2. The Labute approximate surface area is 182 Å². The lowest BCUT2D eigenvalue weighted by atomic mass is 10.2. The van der Waals surface area contributed by atoms with E-state index in [-0.39, 0.29) is 21.6 Å². The van der Waals surface area contributed by atoms with E-state index in [1.807, 2.05) is 0 Å². The first-order chi connectivity index (χ1) is 14.1. The fourth-order valence-corrected chi connectivity index (χ4v) is 4.19. The Bertz CT molecular complexity index is 1150. The van der Waals surface area contributed by atoms with E-state index in [1.54, 1.807) is 18.2 Å². The number of rotatable bonds is 5. The number of pyridine rings is 1. The maximum Gasteiger partial charge on any atom is 0.331 e. The molecule has 0 unspecified atom stereocenters. The van der Waals surface area contributed by atoms with Crippen molar-refractivity contribution >= 4 is 56.8 Å². The van der Waals surface area contributed by atoms with Crippen LogP contribution in [0.3, 0.4) is 0 Å². The number of amides is 1. The predicted molar refractivity (Wildman–Crippen MR) is 111 cm³/mol. The van der Waals surface area contributed by atoms with E-state index in [0.29, 0.717) is 10.6 Å². The maximum absolute atomic E-state index is 12.3. The van der Waals surface area contributed by atoms with Gasteiger partial charge in [-0.15, -0.1) is 0 Å². The molecule has 1 aromatic carbocycles. The molecule has 0 saturated carbocycles. The van der Waals surface area contributed by atoms with Crippen LogP contribution in [0.5, 0.6) is 0 Å². The van der Waals surface area contributed by atoms with E-state index < -0.39 is 34.0 Å². The summed E-state index contributed by atoms with van der Waals surface area (Å²) >= 11 is 11.7. The molecule has 2 N–H and O–H groups in total. The molecule has 1 aromatic heterocycles. The van der Waals surface area contributed by atoms with Crippen LogP contribution in [0, 0.1) is 0 Å². The zero-order valence-electron chi connectivity index (χ0n) is 15.7. The van der Waals surface area contributed by atoms with Gasteiger partial charge >= 0.3 is 5.97 Å². The van der Waals surface area contributed by atoms with Crippen molar-refractivity contribution in [3.05, 3.63) is 52.1 Å². The van der Waals surface area contributed by atoms with Crippen molar-refractivity contribution in [3.8, 4) is 0 Å². The van der Waals surface area contributed by atoms with Crippen LogP contribution in [0.4, 0.5) is 5.82 Å². The van der Waals surface area contributed by atoms with E-state index in [0.717, 1.165) is 0 Å². The van der Waals surface area contributed by atoms with Crippen LogP contribution in [0.25, 0.3) is 0 Å². The minimum absolute atomic E-state index is 0.0318. The van der Waals surface area contributed by atoms with Crippen LogP contribution in [-0.4, -0.2) is 43.3 Å². The van der Waals surface area contributed by atoms with Gasteiger partial charge in [0.05, 0.1) is 14.9 Å². The number of esters is 1. The smallest absolute Gasteiger partial charge is 0.331 e. The Hall–Kier alpha value is -2.69. The summed E-state index contributed by atoms with van der Waals surface area (Å²) in [6, 6.07) is 6.58. The predicted octanol–water partition coefficient (Wildman–Crippen LogP) is 2.39. The fraction of sp³-hybridized carbons (Fsp3) is 0.222. The average Bonchev–Trinajstić information content (AvgIpc) is 2.94. The van der Waals surface area contributed by atoms with Crippen LogP contribution in [0.2, 0.25) is 10.0 Å². The molecule has 0 spiro atoms. The second-order valence-corrected chi connectivity index (χ2v) is 8.80. The van der Waals surface area contributed by atoms with Crippen LogP contribution in [-0.2, 0) is 24.3 Å². The average molecular weight is 471 g/mol. The Balaban J connectivity index is 1.67. The fourth-order valence-electron chi connectivity index (χ4n) is 2.53. The molecule has 9 nitrogen and oxygen atoms in total. The third kappa shape index (κ3) is 4.72. The summed E-state index contributed by atoms with van der Waals surface area (Å²) in [5.41, 5.74) is 0.353. The van der Waals surface area contributed by atoms with Gasteiger partial charge in [0.25, 0.3) is 15.9 Å². The highest BCUT2D eigenvalue weighted by atomic mass is 35.5.